The molecule has 0 saturated carbocycles. The van der Waals surface area contributed by atoms with Gasteiger partial charge in [0.2, 0.25) is 0 Å². The van der Waals surface area contributed by atoms with Crippen LogP contribution >= 0.6 is 0 Å². The summed E-state index contributed by atoms with van der Waals surface area (Å²) in [6.07, 6.45) is 0.829. The maximum Gasteiger partial charge on any atom is 0.189 e. The Hall–Kier alpha value is -2.82. The first-order valence-corrected chi connectivity index (χ1v) is 7.24. The number of ether oxygens (including phenoxy) is 1. The van der Waals surface area contributed by atoms with Crippen LogP contribution in [0.2, 0.25) is 0 Å². The van der Waals surface area contributed by atoms with E-state index >= 15 is 0 Å². The van der Waals surface area contributed by atoms with Crippen molar-refractivity contribution in [3.05, 3.63) is 54.1 Å². The summed E-state index contributed by atoms with van der Waals surface area (Å²) in [5.41, 5.74) is 7.58. The third kappa shape index (κ3) is 3.69. The van der Waals surface area contributed by atoms with Gasteiger partial charge in [0.1, 0.15) is 17.6 Å². The number of nitrogens with two attached hydrogens (primary N) is 1. The number of nitrogens with one attached hydrogen (secondary N) is 1. The van der Waals surface area contributed by atoms with E-state index in [-0.39, 0.29) is 5.96 Å². The molecule has 0 radical (unpaired) electrons. The second kappa shape index (κ2) is 6.96. The topological polar surface area (TPSA) is 76.7 Å². The fourth-order valence-electron chi connectivity index (χ4n) is 2.32. The van der Waals surface area contributed by atoms with Gasteiger partial charge in [-0.25, -0.2) is 0 Å². The molecule has 2 rings (SSSR count). The van der Waals surface area contributed by atoms with Crippen LogP contribution in [0.25, 0.3) is 11.1 Å². The predicted molar refractivity (Wildman–Crippen MR) is 92.5 cm³/mol. The van der Waals surface area contributed by atoms with E-state index in [1.54, 1.807) is 21.1 Å². The number of carbonyl (C=O) groups excluding carboxylic acids is 1. The Labute approximate surface area is 136 Å². The molecule has 5 heteroatoms. The fourth-order valence-corrected chi connectivity index (χ4v) is 2.32. The van der Waals surface area contributed by atoms with E-state index in [4.69, 9.17) is 10.5 Å². The third-order valence-corrected chi connectivity index (χ3v) is 3.73. The summed E-state index contributed by atoms with van der Waals surface area (Å²) in [6.45, 7) is 1.77. The minimum atomic E-state index is -0.946. The number of methoxy groups -OCH3 is 1. The van der Waals surface area contributed by atoms with Crippen molar-refractivity contribution in [1.82, 2.24) is 5.32 Å². The van der Waals surface area contributed by atoms with Crippen molar-refractivity contribution in [3.63, 3.8) is 0 Å². The predicted octanol–water partition coefficient (Wildman–Crippen LogP) is 2.31. The second-order valence-electron chi connectivity index (χ2n) is 5.37. The molecule has 120 valence electrons. The highest BCUT2D eigenvalue weighted by Crippen LogP contribution is 2.27. The Bertz CT molecular complexity index is 728. The molecule has 5 nitrogen and oxygen atoms in total. The molecule has 1 unspecified atom stereocenters. The van der Waals surface area contributed by atoms with E-state index in [1.165, 1.54) is 0 Å². The third-order valence-electron chi connectivity index (χ3n) is 3.73. The molecule has 1 atom stereocenters. The molecular formula is C18H21N3O2. The van der Waals surface area contributed by atoms with Gasteiger partial charge >= 0.3 is 0 Å². The van der Waals surface area contributed by atoms with Gasteiger partial charge in [0.25, 0.3) is 0 Å². The van der Waals surface area contributed by atoms with E-state index in [0.717, 1.165) is 28.7 Å². The Morgan fingerprint density at radius 3 is 2.48 bits per heavy atom. The van der Waals surface area contributed by atoms with Gasteiger partial charge in [-0.3, -0.25) is 4.99 Å². The van der Waals surface area contributed by atoms with Crippen molar-refractivity contribution in [3.8, 4) is 16.9 Å². The van der Waals surface area contributed by atoms with Crippen LogP contribution in [0.1, 0.15) is 12.5 Å². The quantitative estimate of drug-likeness (QED) is 0.505. The minimum Gasteiger partial charge on any atom is -0.497 e. The first kappa shape index (κ1) is 16.5. The summed E-state index contributed by atoms with van der Waals surface area (Å²) in [5.74, 6) is 0.998. The standard InChI is InChI=1S/C18H21N3O2/c1-18(12-22,21-17(19)20-2)15-8-4-6-13(10-15)14-7-5-9-16(11-14)23-3/h4-12H,1-3H3,(H3,19,20,21). The van der Waals surface area contributed by atoms with E-state index in [1.807, 2.05) is 48.5 Å². The number of benzene rings is 2. The maximum atomic E-state index is 11.6. The molecule has 0 aliphatic rings. The first-order chi connectivity index (χ1) is 11.0. The number of rotatable bonds is 5. The number of hydrogen-bond acceptors (Lipinski definition) is 3. The van der Waals surface area contributed by atoms with Gasteiger partial charge < -0.3 is 20.6 Å². The van der Waals surface area contributed by atoms with Crippen LogP contribution in [0.4, 0.5) is 0 Å². The van der Waals surface area contributed by atoms with Crippen molar-refractivity contribution in [1.29, 1.82) is 0 Å². The normalized spacial score (nSPS) is 14.0. The van der Waals surface area contributed by atoms with E-state index < -0.39 is 5.54 Å². The number of hydrogen-bond donors (Lipinski definition) is 2. The molecule has 0 amide bonds. The van der Waals surface area contributed by atoms with Crippen LogP contribution < -0.4 is 15.8 Å². The van der Waals surface area contributed by atoms with Gasteiger partial charge in [-0.1, -0.05) is 30.3 Å². The van der Waals surface area contributed by atoms with Crippen LogP contribution in [0.3, 0.4) is 0 Å². The minimum absolute atomic E-state index is 0.214. The number of nitrogens with zero attached hydrogens (tertiary/aromatic N) is 1. The van der Waals surface area contributed by atoms with Gasteiger partial charge in [0.05, 0.1) is 7.11 Å². The monoisotopic (exact) mass is 311 g/mol. The van der Waals surface area contributed by atoms with Gasteiger partial charge in [-0.05, 0) is 41.8 Å². The smallest absolute Gasteiger partial charge is 0.189 e. The van der Waals surface area contributed by atoms with Crippen LogP contribution in [0, 0.1) is 0 Å². The van der Waals surface area contributed by atoms with Crippen LogP contribution in [-0.2, 0) is 10.3 Å². The molecule has 23 heavy (non-hydrogen) atoms. The Morgan fingerprint density at radius 2 is 1.87 bits per heavy atom. The summed E-state index contributed by atoms with van der Waals surface area (Å²) in [6, 6.07) is 15.5. The highest BCUT2D eigenvalue weighted by atomic mass is 16.5. The fraction of sp³-hybridized carbons (Fsp3) is 0.222. The summed E-state index contributed by atoms with van der Waals surface area (Å²) in [7, 11) is 3.20. The lowest BCUT2D eigenvalue weighted by Gasteiger charge is -2.26. The van der Waals surface area contributed by atoms with Crippen molar-refractivity contribution in [2.75, 3.05) is 14.2 Å². The van der Waals surface area contributed by atoms with Gasteiger partial charge in [0, 0.05) is 7.05 Å². The molecule has 0 saturated heterocycles. The van der Waals surface area contributed by atoms with Gasteiger partial charge in [-0.2, -0.15) is 0 Å². The molecule has 0 fully saturated rings. The molecule has 2 aromatic carbocycles. The van der Waals surface area contributed by atoms with E-state index in [9.17, 15) is 4.79 Å². The van der Waals surface area contributed by atoms with Crippen molar-refractivity contribution in [2.24, 2.45) is 10.7 Å². The van der Waals surface area contributed by atoms with Gasteiger partial charge in [0.15, 0.2) is 5.96 Å². The van der Waals surface area contributed by atoms with E-state index in [0.29, 0.717) is 0 Å². The summed E-state index contributed by atoms with van der Waals surface area (Å²) in [5, 5.41) is 2.95. The van der Waals surface area contributed by atoms with Crippen molar-refractivity contribution < 1.29 is 9.53 Å². The zero-order chi connectivity index (χ0) is 16.9. The zero-order valence-electron chi connectivity index (χ0n) is 13.5. The summed E-state index contributed by atoms with van der Waals surface area (Å²) in [4.78, 5) is 15.5. The summed E-state index contributed by atoms with van der Waals surface area (Å²) < 4.78 is 5.26. The summed E-state index contributed by atoms with van der Waals surface area (Å²) >= 11 is 0. The number of aliphatic imine (C=N–C) groups is 1. The van der Waals surface area contributed by atoms with Crippen molar-refractivity contribution >= 4 is 12.2 Å². The van der Waals surface area contributed by atoms with Gasteiger partial charge in [-0.15, -0.1) is 0 Å². The second-order valence-corrected chi connectivity index (χ2v) is 5.37. The first-order valence-electron chi connectivity index (χ1n) is 7.24. The van der Waals surface area contributed by atoms with Crippen molar-refractivity contribution in [2.45, 2.75) is 12.5 Å². The zero-order valence-corrected chi connectivity index (χ0v) is 13.5. The van der Waals surface area contributed by atoms with Crippen LogP contribution in [0.15, 0.2) is 53.5 Å². The SMILES string of the molecule is CN=C(N)NC(C)(C=O)c1cccc(-c2cccc(OC)c2)c1. The molecule has 3 N–H and O–H groups in total. The average Bonchev–Trinajstić information content (AvgIpc) is 2.61. The molecule has 0 aromatic heterocycles. The maximum absolute atomic E-state index is 11.6. The molecule has 0 heterocycles. The number of carbonyl (C=O) groups is 1. The molecule has 2 aromatic rings. The number of aldehydes is 1. The number of guanidine groups is 1. The van der Waals surface area contributed by atoms with Crippen LogP contribution in [0.5, 0.6) is 5.75 Å². The van der Waals surface area contributed by atoms with Crippen LogP contribution in [-0.4, -0.2) is 26.4 Å². The Morgan fingerprint density at radius 1 is 1.22 bits per heavy atom. The lowest BCUT2D eigenvalue weighted by Crippen LogP contribution is -2.48. The lowest BCUT2D eigenvalue weighted by atomic mass is 9.91. The highest BCUT2D eigenvalue weighted by Gasteiger charge is 2.26. The lowest BCUT2D eigenvalue weighted by molar-refractivity contribution is -0.112. The molecular weight excluding hydrogens is 290 g/mol. The van der Waals surface area contributed by atoms with E-state index in [2.05, 4.69) is 10.3 Å². The Kier molecular flexibility index (Phi) is 5.01. The molecule has 0 aliphatic heterocycles. The largest absolute Gasteiger partial charge is 0.497 e. The molecule has 0 spiro atoms. The average molecular weight is 311 g/mol. The Balaban J connectivity index is 2.44. The molecule has 0 aliphatic carbocycles. The highest BCUT2D eigenvalue weighted by molar-refractivity contribution is 5.84. The molecule has 0 bridgehead atoms.